The molecule has 5 aromatic heterocycles. The topological polar surface area (TPSA) is 64.5 Å². The lowest BCUT2D eigenvalue weighted by molar-refractivity contribution is -0.776. The van der Waals surface area contributed by atoms with E-state index in [1.165, 1.54) is 17.0 Å². The molecule has 0 aliphatic carbocycles. The van der Waals surface area contributed by atoms with E-state index in [-0.39, 0.29) is 6.04 Å². The third kappa shape index (κ3) is 4.42. The van der Waals surface area contributed by atoms with Crippen LogP contribution in [-0.4, -0.2) is 19.7 Å². The molecule has 7 heterocycles. The van der Waals surface area contributed by atoms with Crippen LogP contribution in [0, 0.1) is 0 Å². The first-order valence-electron chi connectivity index (χ1n) is 18.5. The van der Waals surface area contributed by atoms with Crippen LogP contribution >= 0.6 is 0 Å². The van der Waals surface area contributed by atoms with Gasteiger partial charge in [-0.1, -0.05) is 45.4 Å². The van der Waals surface area contributed by atoms with E-state index in [1.54, 1.807) is 17.1 Å². The number of hydrogen-bond acceptors (Lipinski definition) is 4. The molecule has 3 unspecified atom stereocenters. The Kier molecular flexibility index (Phi) is 7.37. The fourth-order valence-electron chi connectivity index (χ4n) is 9.57. The van der Waals surface area contributed by atoms with Crippen LogP contribution in [0.15, 0.2) is 89.7 Å². The number of benzene rings is 2. The van der Waals surface area contributed by atoms with Gasteiger partial charge in [-0.05, 0) is 73.5 Å². The minimum atomic E-state index is -4.55. The van der Waals surface area contributed by atoms with Gasteiger partial charge >= 0.3 is 11.8 Å². The van der Waals surface area contributed by atoms with Gasteiger partial charge in [0.1, 0.15) is 34.1 Å². The number of pyridine rings is 2. The summed E-state index contributed by atoms with van der Waals surface area (Å²) in [7, 11) is 0. The summed E-state index contributed by atoms with van der Waals surface area (Å²) in [6.07, 6.45) is 6.79. The fourth-order valence-corrected chi connectivity index (χ4v) is 9.57. The smallest absolute Gasteiger partial charge is 0.435 e. The summed E-state index contributed by atoms with van der Waals surface area (Å²) in [6, 6.07) is 21.9. The first kappa shape index (κ1) is 32.8. The Labute approximate surface area is 299 Å². The maximum atomic E-state index is 14.2. The summed E-state index contributed by atoms with van der Waals surface area (Å²) >= 11 is 0. The minimum Gasteiger partial charge on any atom is -0.455 e. The van der Waals surface area contributed by atoms with Crippen molar-refractivity contribution in [2.24, 2.45) is 0 Å². The Morgan fingerprint density at radius 3 is 2.56 bits per heavy atom. The van der Waals surface area contributed by atoms with Crippen LogP contribution in [0.1, 0.15) is 89.1 Å². The van der Waals surface area contributed by atoms with Gasteiger partial charge in [0.2, 0.25) is 5.69 Å². The van der Waals surface area contributed by atoms with Gasteiger partial charge < -0.3 is 4.42 Å². The van der Waals surface area contributed by atoms with E-state index in [0.29, 0.717) is 31.4 Å². The standard InChI is InChI=1S/C42H41F3N6O/c1-5-8-12-26-13-11-15-34-36(26)28-17-16-27-30(50-32(37(27)38(28)52-34)19-18-29-39(50)47-23-22-46-29)20-21-41(7-3)40(4,6-2)51-33(25-35(48-51)42(43,44)45)31-14-9-10-24-49(31)41/h9-11,13-19,22-25,30H,5-8,12,20-21H2,1-4H3/q+2. The van der Waals surface area contributed by atoms with Crippen molar-refractivity contribution in [2.45, 2.75) is 95.9 Å². The van der Waals surface area contributed by atoms with Gasteiger partial charge in [0, 0.05) is 47.4 Å². The van der Waals surface area contributed by atoms with Gasteiger partial charge in [-0.25, -0.2) is 14.2 Å². The third-order valence-electron chi connectivity index (χ3n) is 12.3. The van der Waals surface area contributed by atoms with Crippen molar-refractivity contribution in [3.8, 4) is 22.6 Å². The molecule has 3 atom stereocenters. The third-order valence-corrected chi connectivity index (χ3v) is 12.3. The van der Waals surface area contributed by atoms with E-state index in [0.717, 1.165) is 69.5 Å². The van der Waals surface area contributed by atoms with Crippen molar-refractivity contribution >= 4 is 33.1 Å². The molecule has 0 saturated carbocycles. The number of aryl methyl sites for hydroxylation is 1. The SMILES string of the molecule is CCCCc1cccc2oc3c4c(ccc3c12)C(CCC1(CC)[n+]2ccccc2-c2cc(C(F)(F)F)nn2C1(C)CC)[n+]1c-4ccc2nccnc21. The molecule has 0 amide bonds. The van der Waals surface area contributed by atoms with Gasteiger partial charge in [-0.2, -0.15) is 22.8 Å². The molecule has 7 nitrogen and oxygen atoms in total. The molecule has 9 rings (SSSR count). The molecule has 52 heavy (non-hydrogen) atoms. The van der Waals surface area contributed by atoms with E-state index in [9.17, 15) is 13.2 Å². The van der Waals surface area contributed by atoms with Crippen LogP contribution < -0.4 is 9.13 Å². The molecule has 0 spiro atoms. The summed E-state index contributed by atoms with van der Waals surface area (Å²) in [4.78, 5) is 9.54. The lowest BCUT2D eigenvalue weighted by atomic mass is 9.68. The highest BCUT2D eigenvalue weighted by molar-refractivity contribution is 6.11. The highest BCUT2D eigenvalue weighted by Crippen LogP contribution is 2.51. The molecule has 0 fully saturated rings. The Bertz CT molecular complexity index is 2540. The van der Waals surface area contributed by atoms with Crippen LogP contribution in [0.3, 0.4) is 0 Å². The normalized spacial score (nSPS) is 20.7. The number of fused-ring (bicyclic) bond motifs is 12. The second-order valence-corrected chi connectivity index (χ2v) is 14.6. The molecule has 0 saturated heterocycles. The molecule has 0 N–H and O–H groups in total. The lowest BCUT2D eigenvalue weighted by Gasteiger charge is -2.47. The molecule has 10 heteroatoms. The first-order chi connectivity index (χ1) is 25.1. The zero-order chi connectivity index (χ0) is 36.0. The number of unbranched alkanes of at least 4 members (excludes halogenated alkanes) is 1. The van der Waals surface area contributed by atoms with Gasteiger partial charge in [0.05, 0.1) is 11.8 Å². The quantitative estimate of drug-likeness (QED) is 0.148. The van der Waals surface area contributed by atoms with Gasteiger partial charge in [-0.15, -0.1) is 0 Å². The zero-order valence-corrected chi connectivity index (χ0v) is 29.8. The second kappa shape index (κ2) is 11.7. The maximum absolute atomic E-state index is 14.2. The lowest BCUT2D eigenvalue weighted by Crippen LogP contribution is -2.71. The number of hydrogen-bond donors (Lipinski definition) is 0. The predicted octanol–water partition coefficient (Wildman–Crippen LogP) is 9.62. The highest BCUT2D eigenvalue weighted by atomic mass is 19.4. The van der Waals surface area contributed by atoms with Crippen LogP contribution in [-0.2, 0) is 23.7 Å². The molecule has 2 aliphatic rings. The number of aromatic nitrogens is 6. The molecule has 7 aromatic rings. The molecule has 2 aromatic carbocycles. The number of alkyl halides is 3. The number of nitrogens with zero attached hydrogens (tertiary/aromatic N) is 6. The molecule has 0 bridgehead atoms. The summed E-state index contributed by atoms with van der Waals surface area (Å²) in [6.45, 7) is 8.50. The molecular formula is C42H41F3N6O+2. The zero-order valence-electron chi connectivity index (χ0n) is 29.8. The van der Waals surface area contributed by atoms with Crippen molar-refractivity contribution < 1.29 is 26.7 Å². The number of furan rings is 1. The van der Waals surface area contributed by atoms with Crippen molar-refractivity contribution in [2.75, 3.05) is 0 Å². The monoisotopic (exact) mass is 702 g/mol. The average Bonchev–Trinajstić information content (AvgIpc) is 3.87. The van der Waals surface area contributed by atoms with Crippen molar-refractivity contribution in [1.82, 2.24) is 19.7 Å². The summed E-state index contributed by atoms with van der Waals surface area (Å²) in [5.41, 5.74) is 6.89. The summed E-state index contributed by atoms with van der Waals surface area (Å²) < 4.78 is 55.6. The van der Waals surface area contributed by atoms with Gasteiger partial charge in [0.25, 0.3) is 0 Å². The fraction of sp³-hybridized carbons (Fsp3) is 0.357. The average molecular weight is 703 g/mol. The number of rotatable bonds is 8. The molecule has 0 radical (unpaired) electrons. The van der Waals surface area contributed by atoms with Crippen LogP contribution in [0.2, 0.25) is 0 Å². The predicted molar refractivity (Wildman–Crippen MR) is 193 cm³/mol. The van der Waals surface area contributed by atoms with Gasteiger partial charge in [0.15, 0.2) is 29.1 Å². The molecule has 2 aliphatic heterocycles. The van der Waals surface area contributed by atoms with Crippen LogP contribution in [0.25, 0.3) is 55.7 Å². The van der Waals surface area contributed by atoms with Gasteiger partial charge in [-0.3, -0.25) is 0 Å². The minimum absolute atomic E-state index is 0.121. The molecular weight excluding hydrogens is 661 g/mol. The largest absolute Gasteiger partial charge is 0.455 e. The van der Waals surface area contributed by atoms with E-state index < -0.39 is 22.9 Å². The summed E-state index contributed by atoms with van der Waals surface area (Å²) in [5.74, 6) is 0. The van der Waals surface area contributed by atoms with Crippen LogP contribution in [0.5, 0.6) is 0 Å². The van der Waals surface area contributed by atoms with E-state index in [1.807, 2.05) is 30.5 Å². The van der Waals surface area contributed by atoms with Crippen LogP contribution in [0.4, 0.5) is 13.2 Å². The number of halogens is 3. The van der Waals surface area contributed by atoms with Crippen molar-refractivity contribution in [3.05, 3.63) is 102 Å². The summed E-state index contributed by atoms with van der Waals surface area (Å²) in [5, 5.41) is 6.59. The Balaban J connectivity index is 1.23. The maximum Gasteiger partial charge on any atom is 0.435 e. The highest BCUT2D eigenvalue weighted by Gasteiger charge is 2.61. The van der Waals surface area contributed by atoms with Crippen molar-refractivity contribution in [1.29, 1.82) is 0 Å². The van der Waals surface area contributed by atoms with Crippen molar-refractivity contribution in [3.63, 3.8) is 0 Å². The van der Waals surface area contributed by atoms with E-state index in [4.69, 9.17) is 9.40 Å². The first-order valence-corrected chi connectivity index (χ1v) is 18.5. The Hall–Kier alpha value is -5.12. The second-order valence-electron chi connectivity index (χ2n) is 14.6. The Morgan fingerprint density at radius 2 is 1.77 bits per heavy atom. The van der Waals surface area contributed by atoms with E-state index in [2.05, 4.69) is 83.3 Å². The van der Waals surface area contributed by atoms with E-state index >= 15 is 0 Å². The molecule has 264 valence electrons. The Morgan fingerprint density at radius 1 is 0.923 bits per heavy atom.